The fourth-order valence-corrected chi connectivity index (χ4v) is 15.6. The van der Waals surface area contributed by atoms with E-state index in [0.29, 0.717) is 7.18 Å². The van der Waals surface area contributed by atoms with Gasteiger partial charge in [-0.2, -0.15) is 13.2 Å². The van der Waals surface area contributed by atoms with Crippen molar-refractivity contribution in [2.75, 3.05) is 13.6 Å². The van der Waals surface area contributed by atoms with E-state index in [0.717, 1.165) is 0 Å². The quantitative estimate of drug-likeness (QED) is 0.122. The fraction of sp³-hybridized carbons (Fsp3) is 0.143. The Hall–Kier alpha value is -10.9. The van der Waals surface area contributed by atoms with E-state index in [4.69, 9.17) is 0 Å². The highest BCUT2D eigenvalue weighted by Gasteiger charge is 2.51. The summed E-state index contributed by atoms with van der Waals surface area (Å²) in [5.41, 5.74) is 36.5. The fourth-order valence-electron chi connectivity index (χ4n) is 15.6. The third-order valence-electron chi connectivity index (χ3n) is 19.9. The average Bonchev–Trinajstić information content (AvgIpc) is 1.52. The zero-order chi connectivity index (χ0) is 72.9. The molecule has 0 fully saturated rings. The van der Waals surface area contributed by atoms with Crippen molar-refractivity contribution >= 4 is 11.6 Å². The predicted molar refractivity (Wildman–Crippen MR) is 428 cm³/mol. The maximum Gasteiger partial charge on any atom is 0.386 e. The first kappa shape index (κ1) is 73.3. The second kappa shape index (κ2) is 32.4. The van der Waals surface area contributed by atoms with Gasteiger partial charge in [0, 0.05) is 18.7 Å². The molecule has 0 N–H and O–H groups in total. The molecular formula is C98H87ClF4. The van der Waals surface area contributed by atoms with Crippen molar-refractivity contribution in [3.8, 4) is 66.8 Å². The molecule has 514 valence electrons. The summed E-state index contributed by atoms with van der Waals surface area (Å²) in [6, 6.07) is 125. The van der Waals surface area contributed by atoms with Gasteiger partial charge in [-0.05, 0) is 163 Å². The first-order chi connectivity index (χ1) is 50.0. The summed E-state index contributed by atoms with van der Waals surface area (Å²) in [6.07, 6.45) is -2.53. The van der Waals surface area contributed by atoms with Crippen LogP contribution in [-0.4, -0.2) is 19.7 Å². The van der Waals surface area contributed by atoms with E-state index in [1.54, 1.807) is 0 Å². The molecule has 0 radical (unpaired) electrons. The van der Waals surface area contributed by atoms with Gasteiger partial charge >= 0.3 is 6.18 Å². The van der Waals surface area contributed by atoms with Crippen LogP contribution in [0.3, 0.4) is 0 Å². The summed E-state index contributed by atoms with van der Waals surface area (Å²) in [6.45, 7) is 15.6. The molecule has 0 saturated heterocycles. The van der Waals surface area contributed by atoms with Crippen LogP contribution in [0.15, 0.2) is 346 Å². The lowest BCUT2D eigenvalue weighted by atomic mass is 9.67. The Kier molecular flexibility index (Phi) is 23.1. The van der Waals surface area contributed by atoms with Gasteiger partial charge in [0.05, 0.1) is 18.0 Å². The molecule has 1 spiro atoms. The number of hydrogen-bond donors (Lipinski definition) is 0. The molecule has 0 aliphatic heterocycles. The summed E-state index contributed by atoms with van der Waals surface area (Å²) in [5.74, 6) is 0. The van der Waals surface area contributed by atoms with Crippen molar-refractivity contribution in [2.24, 2.45) is 0 Å². The van der Waals surface area contributed by atoms with Crippen molar-refractivity contribution in [1.29, 1.82) is 0 Å². The van der Waals surface area contributed by atoms with Crippen molar-refractivity contribution in [2.45, 2.75) is 77.8 Å². The standard InChI is InChI=1S/C26H18.C26H20.C16H16.2C13H12.C2H3F3.CH3Cl.CH3F/c1-17-14-15-21-20-10-4-7-13-24(20)26(25(21)16-17)22-11-5-2-8-18(22)19-9-3-6-12-23(19)26;1-19-16-17-23-22-14-8-9-15-24(22)26(25(23)18-19,20-10-4-2-5-11-20)21-12-6-3-7-13-21;1-11-8-9-13-12-6-4-5-7-14(12)16(2,3)15(13)10-11;1-11-7-5-6-10-13(11)12-8-3-2-4-9-12;1-11-6-5-9-13(10-11)12-7-3-2-4-8-12;1-2(3,4)5;2*1-2/h2-16H,1H3;2-18H,1H3;4-10H,1-3H3;2*2-10H,1H3;1H3;2*1H3. The van der Waals surface area contributed by atoms with Crippen LogP contribution in [0.1, 0.15) is 104 Å². The largest absolute Gasteiger partial charge is 0.386 e. The Bertz CT molecular complexity index is 4960. The van der Waals surface area contributed by atoms with Gasteiger partial charge in [-0.1, -0.05) is 382 Å². The van der Waals surface area contributed by atoms with Gasteiger partial charge < -0.3 is 0 Å². The molecule has 5 heteroatoms. The zero-order valence-corrected chi connectivity index (χ0v) is 61.1. The van der Waals surface area contributed by atoms with Gasteiger partial charge in [0.25, 0.3) is 0 Å². The topological polar surface area (TPSA) is 0 Å². The predicted octanol–water partition coefficient (Wildman–Crippen LogP) is 27.3. The molecule has 103 heavy (non-hydrogen) atoms. The molecule has 0 saturated carbocycles. The maximum atomic E-state index is 10.4. The van der Waals surface area contributed by atoms with Gasteiger partial charge in [-0.3, -0.25) is 4.39 Å². The Balaban J connectivity index is 0.000000129. The first-order valence-corrected chi connectivity index (χ1v) is 35.7. The Morgan fingerprint density at radius 3 is 0.913 bits per heavy atom. The highest BCUT2D eigenvalue weighted by atomic mass is 35.5. The van der Waals surface area contributed by atoms with Gasteiger partial charge in [-0.25, -0.2) is 0 Å². The lowest BCUT2D eigenvalue weighted by Crippen LogP contribution is -2.28. The lowest BCUT2D eigenvalue weighted by Gasteiger charge is -2.34. The van der Waals surface area contributed by atoms with Crippen LogP contribution in [0.2, 0.25) is 0 Å². The Morgan fingerprint density at radius 2 is 0.515 bits per heavy atom. The van der Waals surface area contributed by atoms with Crippen molar-refractivity contribution < 1.29 is 17.6 Å². The normalized spacial score (nSPS) is 12.8. The van der Waals surface area contributed by atoms with Crippen LogP contribution < -0.4 is 0 Å². The van der Waals surface area contributed by atoms with Gasteiger partial charge in [0.1, 0.15) is 0 Å². The lowest BCUT2D eigenvalue weighted by molar-refractivity contribution is -0.110. The minimum Gasteiger partial charge on any atom is -0.255 e. The van der Waals surface area contributed by atoms with E-state index < -0.39 is 6.18 Å². The monoisotopic (exact) mass is 1370 g/mol. The number of fused-ring (bicyclic) bond motifs is 16. The molecule has 14 aromatic rings. The molecule has 4 aliphatic carbocycles. The second-order valence-corrected chi connectivity index (χ2v) is 26.9. The highest BCUT2D eigenvalue weighted by Crippen LogP contribution is 2.63. The van der Waals surface area contributed by atoms with E-state index in [-0.39, 0.29) is 23.2 Å². The Morgan fingerprint density at radius 1 is 0.243 bits per heavy atom. The van der Waals surface area contributed by atoms with Gasteiger partial charge in [0.2, 0.25) is 0 Å². The number of hydrogen-bond acceptors (Lipinski definition) is 0. The summed E-state index contributed by atoms with van der Waals surface area (Å²) < 4.78 is 40.6. The molecule has 0 atom stereocenters. The molecule has 14 aromatic carbocycles. The van der Waals surface area contributed by atoms with Crippen molar-refractivity contribution in [3.05, 3.63) is 429 Å². The SMILES string of the molecule is CC(F)(F)F.CCl.CF.Cc1ccc2c(c1)C(C)(C)c1ccccc1-2.Cc1ccc2c(c1)C(c1ccccc1)(c1ccccc1)c1ccccc1-2.Cc1ccc2c(c1)C1(c3ccccc3-c3ccccc31)c1ccccc1-2.Cc1cccc(-c2ccccc2)c1.Cc1ccccc1-c1ccccc1. The third-order valence-corrected chi connectivity index (χ3v) is 19.9. The molecule has 18 rings (SSSR count). The second-order valence-electron chi connectivity index (χ2n) is 26.9. The van der Waals surface area contributed by atoms with Crippen LogP contribution in [-0.2, 0) is 16.2 Å². The van der Waals surface area contributed by atoms with Crippen LogP contribution >= 0.6 is 11.6 Å². The van der Waals surface area contributed by atoms with Gasteiger partial charge in [0.15, 0.2) is 0 Å². The maximum absolute atomic E-state index is 10.4. The Labute approximate surface area is 612 Å². The number of benzene rings is 14. The summed E-state index contributed by atoms with van der Waals surface area (Å²) >= 11 is 4.64. The molecule has 0 amide bonds. The van der Waals surface area contributed by atoms with Crippen LogP contribution in [0, 0.1) is 34.6 Å². The van der Waals surface area contributed by atoms with Crippen molar-refractivity contribution in [1.82, 2.24) is 0 Å². The summed E-state index contributed by atoms with van der Waals surface area (Å²) in [7, 11) is 0.500. The molecule has 0 aromatic heterocycles. The van der Waals surface area contributed by atoms with Crippen LogP contribution in [0.4, 0.5) is 17.6 Å². The van der Waals surface area contributed by atoms with Crippen molar-refractivity contribution in [3.63, 3.8) is 0 Å². The number of alkyl halides is 5. The summed E-state index contributed by atoms with van der Waals surface area (Å²) in [4.78, 5) is 0. The molecule has 0 nitrogen and oxygen atoms in total. The third kappa shape index (κ3) is 14.9. The molecule has 4 aliphatic rings. The minimum atomic E-state index is -4.00. The highest BCUT2D eigenvalue weighted by molar-refractivity contribution is 6.15. The van der Waals surface area contributed by atoms with E-state index in [2.05, 4.69) is 394 Å². The van der Waals surface area contributed by atoms with E-state index >= 15 is 0 Å². The average molecular weight is 1380 g/mol. The smallest absolute Gasteiger partial charge is 0.255 e. The van der Waals surface area contributed by atoms with E-state index in [9.17, 15) is 17.6 Å². The zero-order valence-electron chi connectivity index (χ0n) is 60.3. The summed E-state index contributed by atoms with van der Waals surface area (Å²) in [5, 5.41) is 0. The first-order valence-electron chi connectivity index (χ1n) is 35.0. The minimum absolute atomic E-state index is 0.151. The molecule has 0 unspecified atom stereocenters. The molecule has 0 bridgehead atoms. The van der Waals surface area contributed by atoms with E-state index in [1.165, 1.54) is 157 Å². The number of aryl methyl sites for hydroxylation is 5. The molecule has 0 heterocycles. The van der Waals surface area contributed by atoms with Crippen LogP contribution in [0.5, 0.6) is 0 Å². The number of halogens is 5. The molecular weight excluding hydrogens is 1290 g/mol. The number of rotatable bonds is 4. The van der Waals surface area contributed by atoms with Crippen LogP contribution in [0.25, 0.3) is 66.8 Å². The van der Waals surface area contributed by atoms with E-state index in [1.807, 2.05) is 12.1 Å². The van der Waals surface area contributed by atoms with Gasteiger partial charge in [-0.15, -0.1) is 11.6 Å².